The van der Waals surface area contributed by atoms with E-state index in [1.807, 2.05) is 37.3 Å². The minimum atomic E-state index is -0.507. The smallest absolute Gasteiger partial charge is 0.129 e. The van der Waals surface area contributed by atoms with Crippen molar-refractivity contribution in [2.24, 2.45) is 5.73 Å². The van der Waals surface area contributed by atoms with Crippen molar-refractivity contribution in [3.8, 4) is 0 Å². The molecule has 0 fully saturated rings. The van der Waals surface area contributed by atoms with Gasteiger partial charge in [-0.05, 0) is 30.5 Å². The maximum Gasteiger partial charge on any atom is 0.129 e. The molecule has 3 heteroatoms. The zero-order valence-corrected chi connectivity index (χ0v) is 11.6. The first-order valence-corrected chi connectivity index (χ1v) is 6.81. The zero-order valence-electron chi connectivity index (χ0n) is 11.6. The van der Waals surface area contributed by atoms with Gasteiger partial charge in [-0.15, -0.1) is 0 Å². The lowest BCUT2D eigenvalue weighted by Gasteiger charge is -2.32. The fraction of sp³-hybridized carbons (Fsp3) is 0.294. The van der Waals surface area contributed by atoms with Crippen molar-refractivity contribution in [3.63, 3.8) is 0 Å². The molecule has 106 valence electrons. The van der Waals surface area contributed by atoms with E-state index in [1.165, 1.54) is 18.2 Å². The molecule has 2 N–H and O–H groups in total. The van der Waals surface area contributed by atoms with E-state index in [0.717, 1.165) is 12.0 Å². The third-order valence-corrected chi connectivity index (χ3v) is 4.03. The fourth-order valence-electron chi connectivity index (χ4n) is 2.60. The Bertz CT molecular complexity index is 542. The Labute approximate surface area is 118 Å². The van der Waals surface area contributed by atoms with Crippen LogP contribution in [0.5, 0.6) is 0 Å². The van der Waals surface area contributed by atoms with E-state index >= 15 is 0 Å². The predicted molar refractivity (Wildman–Crippen MR) is 77.5 cm³/mol. The van der Waals surface area contributed by atoms with Crippen molar-refractivity contribution in [1.29, 1.82) is 0 Å². The van der Waals surface area contributed by atoms with Crippen molar-refractivity contribution < 1.29 is 8.78 Å². The Morgan fingerprint density at radius 1 is 0.950 bits per heavy atom. The van der Waals surface area contributed by atoms with Crippen LogP contribution in [0, 0.1) is 11.6 Å². The highest BCUT2D eigenvalue weighted by Crippen LogP contribution is 2.32. The van der Waals surface area contributed by atoms with Crippen molar-refractivity contribution in [1.82, 2.24) is 0 Å². The topological polar surface area (TPSA) is 26.0 Å². The predicted octanol–water partition coefficient (Wildman–Crippen LogP) is 3.81. The standard InChI is InChI=1S/C17H19F2N/c1-2-17(12-20,13-7-4-3-5-8-13)11-14-15(18)9-6-10-16(14)19/h3-10H,2,11-12,20H2,1H3. The van der Waals surface area contributed by atoms with Crippen LogP contribution >= 0.6 is 0 Å². The molecule has 0 aliphatic carbocycles. The number of halogens is 2. The Kier molecular flexibility index (Phi) is 4.50. The Balaban J connectivity index is 2.45. The van der Waals surface area contributed by atoms with Crippen molar-refractivity contribution >= 4 is 0 Å². The molecule has 2 aromatic carbocycles. The van der Waals surface area contributed by atoms with E-state index < -0.39 is 17.0 Å². The lowest BCUT2D eigenvalue weighted by molar-refractivity contribution is 0.400. The van der Waals surface area contributed by atoms with Crippen LogP contribution in [-0.2, 0) is 11.8 Å². The van der Waals surface area contributed by atoms with Crippen molar-refractivity contribution in [3.05, 3.63) is 71.3 Å². The van der Waals surface area contributed by atoms with Crippen LogP contribution in [0.3, 0.4) is 0 Å². The molecule has 2 aromatic rings. The van der Waals surface area contributed by atoms with Gasteiger partial charge in [0.05, 0.1) is 0 Å². The molecule has 0 saturated heterocycles. The van der Waals surface area contributed by atoms with Crippen LogP contribution in [-0.4, -0.2) is 6.54 Å². The third-order valence-electron chi connectivity index (χ3n) is 4.03. The van der Waals surface area contributed by atoms with Crippen molar-refractivity contribution in [2.45, 2.75) is 25.2 Å². The van der Waals surface area contributed by atoms with Crippen LogP contribution in [0.2, 0.25) is 0 Å². The highest BCUT2D eigenvalue weighted by Gasteiger charge is 2.31. The quantitative estimate of drug-likeness (QED) is 0.882. The largest absolute Gasteiger partial charge is 0.330 e. The molecule has 1 atom stereocenters. The number of nitrogens with two attached hydrogens (primary N) is 1. The molecular weight excluding hydrogens is 256 g/mol. The summed E-state index contributed by atoms with van der Waals surface area (Å²) in [6.45, 7) is 2.35. The minimum Gasteiger partial charge on any atom is -0.330 e. The minimum absolute atomic E-state index is 0.114. The van der Waals surface area contributed by atoms with Gasteiger partial charge in [0.15, 0.2) is 0 Å². The van der Waals surface area contributed by atoms with Gasteiger partial charge in [-0.25, -0.2) is 8.78 Å². The molecule has 0 aliphatic heterocycles. The van der Waals surface area contributed by atoms with Crippen LogP contribution < -0.4 is 5.73 Å². The maximum atomic E-state index is 13.9. The van der Waals surface area contributed by atoms with Crippen LogP contribution in [0.25, 0.3) is 0 Å². The van der Waals surface area contributed by atoms with Gasteiger partial charge in [0.2, 0.25) is 0 Å². The third kappa shape index (κ3) is 2.73. The van der Waals surface area contributed by atoms with Gasteiger partial charge in [-0.3, -0.25) is 0 Å². The van der Waals surface area contributed by atoms with Gasteiger partial charge in [-0.2, -0.15) is 0 Å². The summed E-state index contributed by atoms with van der Waals surface area (Å²) in [5, 5.41) is 0. The first kappa shape index (κ1) is 14.7. The molecule has 1 nitrogen and oxygen atoms in total. The molecule has 0 aromatic heterocycles. The van der Waals surface area contributed by atoms with Gasteiger partial charge < -0.3 is 5.73 Å². The van der Waals surface area contributed by atoms with E-state index in [0.29, 0.717) is 6.54 Å². The van der Waals surface area contributed by atoms with E-state index in [2.05, 4.69) is 0 Å². The number of hydrogen-bond acceptors (Lipinski definition) is 1. The van der Waals surface area contributed by atoms with Gasteiger partial charge in [0.25, 0.3) is 0 Å². The summed E-state index contributed by atoms with van der Waals surface area (Å²) in [6.07, 6.45) is 0.990. The molecule has 0 heterocycles. The summed E-state index contributed by atoms with van der Waals surface area (Å²) in [6, 6.07) is 13.7. The van der Waals surface area contributed by atoms with E-state index in [-0.39, 0.29) is 12.0 Å². The first-order valence-electron chi connectivity index (χ1n) is 6.81. The molecule has 0 saturated carbocycles. The molecule has 0 radical (unpaired) electrons. The molecular formula is C17H19F2N. The molecule has 0 bridgehead atoms. The summed E-state index contributed by atoms with van der Waals surface area (Å²) in [5.74, 6) is -1.01. The molecule has 0 aliphatic rings. The summed E-state index contributed by atoms with van der Waals surface area (Å²) in [7, 11) is 0. The van der Waals surface area contributed by atoms with Gasteiger partial charge >= 0.3 is 0 Å². The molecule has 0 spiro atoms. The molecule has 2 rings (SSSR count). The average molecular weight is 275 g/mol. The summed E-state index contributed by atoms with van der Waals surface area (Å²) < 4.78 is 27.8. The van der Waals surface area contributed by atoms with Gasteiger partial charge in [0.1, 0.15) is 11.6 Å². The normalized spacial score (nSPS) is 14.0. The second-order valence-corrected chi connectivity index (χ2v) is 5.08. The van der Waals surface area contributed by atoms with E-state index in [9.17, 15) is 8.78 Å². The zero-order chi connectivity index (χ0) is 14.6. The molecule has 0 amide bonds. The Morgan fingerprint density at radius 3 is 2.05 bits per heavy atom. The highest BCUT2D eigenvalue weighted by molar-refractivity contribution is 5.31. The summed E-state index contributed by atoms with van der Waals surface area (Å²) in [4.78, 5) is 0. The lowest BCUT2D eigenvalue weighted by atomic mass is 9.73. The highest BCUT2D eigenvalue weighted by atomic mass is 19.1. The van der Waals surface area contributed by atoms with Gasteiger partial charge in [-0.1, -0.05) is 43.3 Å². The van der Waals surface area contributed by atoms with Crippen molar-refractivity contribution in [2.75, 3.05) is 6.54 Å². The Hall–Kier alpha value is -1.74. The van der Waals surface area contributed by atoms with Gasteiger partial charge in [0, 0.05) is 17.5 Å². The van der Waals surface area contributed by atoms with Crippen LogP contribution in [0.4, 0.5) is 8.78 Å². The summed E-state index contributed by atoms with van der Waals surface area (Å²) in [5.41, 5.74) is 6.65. The Morgan fingerprint density at radius 2 is 1.55 bits per heavy atom. The SMILES string of the molecule is CCC(CN)(Cc1c(F)cccc1F)c1ccccc1. The number of benzene rings is 2. The number of hydrogen-bond donors (Lipinski definition) is 1. The van der Waals surface area contributed by atoms with E-state index in [4.69, 9.17) is 5.73 Å². The second kappa shape index (κ2) is 6.14. The monoisotopic (exact) mass is 275 g/mol. The van der Waals surface area contributed by atoms with E-state index in [1.54, 1.807) is 0 Å². The second-order valence-electron chi connectivity index (χ2n) is 5.08. The molecule has 1 unspecified atom stereocenters. The van der Waals surface area contributed by atoms with Crippen LogP contribution in [0.15, 0.2) is 48.5 Å². The average Bonchev–Trinajstić information content (AvgIpc) is 2.49. The molecule has 20 heavy (non-hydrogen) atoms. The number of rotatable bonds is 5. The lowest BCUT2D eigenvalue weighted by Crippen LogP contribution is -2.37. The summed E-state index contributed by atoms with van der Waals surface area (Å²) >= 11 is 0. The maximum absolute atomic E-state index is 13.9. The first-order chi connectivity index (χ1) is 9.63. The fourth-order valence-corrected chi connectivity index (χ4v) is 2.60. The van der Waals surface area contributed by atoms with Crippen LogP contribution in [0.1, 0.15) is 24.5 Å².